The number of hydrogen-bond donors (Lipinski definition) is 4. The third-order valence-corrected chi connectivity index (χ3v) is 11.9. The quantitative estimate of drug-likeness (QED) is 0.165. The van der Waals surface area contributed by atoms with Gasteiger partial charge in [-0.2, -0.15) is 0 Å². The number of rotatable bonds is 13. The fraction of sp³-hybridized carbons (Fsp3) is 0.714. The highest BCUT2D eigenvalue weighted by Crippen LogP contribution is 2.57. The highest BCUT2D eigenvalue weighted by atomic mass is 16.3. The second-order valence-corrected chi connectivity index (χ2v) is 16.2. The zero-order chi connectivity index (χ0) is 33.7. The summed E-state index contributed by atoms with van der Waals surface area (Å²) in [5.41, 5.74) is 4.52. The summed E-state index contributed by atoms with van der Waals surface area (Å²) >= 11 is 0. The minimum absolute atomic E-state index is 0.0546. The van der Waals surface area contributed by atoms with Crippen molar-refractivity contribution in [3.63, 3.8) is 0 Å². The first kappa shape index (κ1) is 36.5. The maximum atomic E-state index is 12.5. The highest BCUT2D eigenvalue weighted by molar-refractivity contribution is 5.86. The normalized spacial score (nSPS) is 25.4. The summed E-state index contributed by atoms with van der Waals surface area (Å²) < 4.78 is 0. The predicted molar refractivity (Wildman–Crippen MR) is 193 cm³/mol. The molecule has 0 bridgehead atoms. The van der Waals surface area contributed by atoms with E-state index < -0.39 is 0 Å². The minimum Gasteiger partial charge on any atom is -0.508 e. The van der Waals surface area contributed by atoms with Crippen molar-refractivity contribution in [2.24, 2.45) is 35.5 Å². The van der Waals surface area contributed by atoms with Gasteiger partial charge in [0.15, 0.2) is 0 Å². The van der Waals surface area contributed by atoms with Gasteiger partial charge in [0.2, 0.25) is 0 Å². The van der Waals surface area contributed by atoms with Crippen molar-refractivity contribution in [2.75, 3.05) is 0 Å². The van der Waals surface area contributed by atoms with Crippen LogP contribution < -0.4 is 0 Å². The van der Waals surface area contributed by atoms with Crippen LogP contribution in [0.25, 0.3) is 11.1 Å². The van der Waals surface area contributed by atoms with Crippen molar-refractivity contribution in [1.29, 1.82) is 0 Å². The fourth-order valence-corrected chi connectivity index (χ4v) is 9.33. The molecule has 4 rings (SSSR count). The van der Waals surface area contributed by atoms with Crippen LogP contribution in [0, 0.1) is 35.5 Å². The first-order valence-corrected chi connectivity index (χ1v) is 19.1. The molecule has 0 radical (unpaired) electrons. The molecular formula is C42H66O4. The summed E-state index contributed by atoms with van der Waals surface area (Å²) in [6.07, 6.45) is 14.0. The van der Waals surface area contributed by atoms with E-state index in [1.165, 1.54) is 12.8 Å². The van der Waals surface area contributed by atoms with Gasteiger partial charge in [0.1, 0.15) is 23.0 Å². The van der Waals surface area contributed by atoms with E-state index in [1.807, 2.05) is 12.1 Å². The van der Waals surface area contributed by atoms with Crippen molar-refractivity contribution in [2.45, 2.75) is 157 Å². The number of benzene rings is 2. The van der Waals surface area contributed by atoms with Crippen LogP contribution in [0.15, 0.2) is 12.1 Å². The lowest BCUT2D eigenvalue weighted by atomic mass is 9.66. The maximum absolute atomic E-state index is 12.5. The number of aryl methyl sites for hydroxylation is 2. The molecule has 4 nitrogen and oxygen atoms in total. The summed E-state index contributed by atoms with van der Waals surface area (Å²) in [6, 6.07) is 3.83. The Morgan fingerprint density at radius 2 is 0.957 bits per heavy atom. The van der Waals surface area contributed by atoms with E-state index in [0.717, 1.165) is 88.2 Å². The average Bonchev–Trinajstić information content (AvgIpc) is 2.98. The summed E-state index contributed by atoms with van der Waals surface area (Å²) in [5, 5.41) is 48.5. The molecule has 4 N–H and O–H groups in total. The Labute approximate surface area is 281 Å². The number of unbranched alkanes of at least 4 members (excludes halogenated alkanes) is 4. The van der Waals surface area contributed by atoms with E-state index in [-0.39, 0.29) is 34.8 Å². The third-order valence-electron chi connectivity index (χ3n) is 11.9. The highest BCUT2D eigenvalue weighted by Gasteiger charge is 2.39. The Morgan fingerprint density at radius 1 is 0.587 bits per heavy atom. The van der Waals surface area contributed by atoms with Gasteiger partial charge in [-0.05, 0) is 122 Å². The smallest absolute Gasteiger partial charge is 0.131 e. The zero-order valence-electron chi connectivity index (χ0n) is 30.5. The second-order valence-electron chi connectivity index (χ2n) is 16.2. The van der Waals surface area contributed by atoms with E-state index in [1.54, 1.807) is 0 Å². The molecular weight excluding hydrogens is 568 g/mol. The van der Waals surface area contributed by atoms with Gasteiger partial charge in [-0.3, -0.25) is 0 Å². The molecule has 258 valence electrons. The van der Waals surface area contributed by atoms with Crippen LogP contribution in [0.4, 0.5) is 0 Å². The summed E-state index contributed by atoms with van der Waals surface area (Å²) in [4.78, 5) is 0. The van der Waals surface area contributed by atoms with Crippen LogP contribution in [0.5, 0.6) is 23.0 Å². The standard InChI is InChI=1S/C42H66O4/c1-9-11-13-15-29-23-35(43)39(33-21-27(7)17-19-31(33)25(3)4)41(45)37(29)38-30(16-14-12-10-2)24-36(44)40(42(38)46)34-22-28(8)18-20-32(34)26(5)6/h23-28,31-34,43-46H,9-22H2,1-8H3/t27-,28+,31-,32-,33+,34+/m0/s1. The van der Waals surface area contributed by atoms with Gasteiger partial charge >= 0.3 is 0 Å². The van der Waals surface area contributed by atoms with E-state index >= 15 is 0 Å². The molecule has 0 saturated heterocycles. The van der Waals surface area contributed by atoms with Crippen molar-refractivity contribution in [3.8, 4) is 34.1 Å². The zero-order valence-corrected chi connectivity index (χ0v) is 30.5. The van der Waals surface area contributed by atoms with Crippen molar-refractivity contribution in [3.05, 3.63) is 34.4 Å². The van der Waals surface area contributed by atoms with E-state index in [2.05, 4.69) is 55.4 Å². The summed E-state index contributed by atoms with van der Waals surface area (Å²) in [7, 11) is 0. The molecule has 0 aromatic heterocycles. The lowest BCUT2D eigenvalue weighted by molar-refractivity contribution is 0.191. The van der Waals surface area contributed by atoms with Crippen LogP contribution >= 0.6 is 0 Å². The lowest BCUT2D eigenvalue weighted by Crippen LogP contribution is -2.26. The molecule has 2 aliphatic rings. The topological polar surface area (TPSA) is 80.9 Å². The largest absolute Gasteiger partial charge is 0.508 e. The maximum Gasteiger partial charge on any atom is 0.131 e. The molecule has 2 saturated carbocycles. The number of phenolic OH excluding ortho intramolecular Hbond substituents is 4. The molecule has 0 spiro atoms. The first-order chi connectivity index (χ1) is 21.9. The molecule has 0 heterocycles. The lowest BCUT2D eigenvalue weighted by Gasteiger charge is -2.39. The van der Waals surface area contributed by atoms with Gasteiger partial charge in [0, 0.05) is 22.3 Å². The number of phenols is 4. The Hall–Kier alpha value is -2.36. The van der Waals surface area contributed by atoms with E-state index in [4.69, 9.17) is 0 Å². The van der Waals surface area contributed by atoms with Crippen LogP contribution in [0.1, 0.15) is 167 Å². The van der Waals surface area contributed by atoms with Gasteiger partial charge in [0.05, 0.1) is 0 Å². The molecule has 0 unspecified atom stereocenters. The summed E-state index contributed by atoms with van der Waals surface area (Å²) in [5.74, 6) is 3.45. The predicted octanol–water partition coefficient (Wildman–Crippen LogP) is 12.0. The minimum atomic E-state index is 0.0546. The molecule has 46 heavy (non-hydrogen) atoms. The van der Waals surface area contributed by atoms with Crippen LogP contribution in [-0.2, 0) is 12.8 Å². The molecule has 4 heteroatoms. The Morgan fingerprint density at radius 3 is 1.28 bits per heavy atom. The van der Waals surface area contributed by atoms with Crippen molar-refractivity contribution >= 4 is 0 Å². The molecule has 2 aromatic carbocycles. The van der Waals surface area contributed by atoms with Gasteiger partial charge in [-0.15, -0.1) is 0 Å². The molecule has 2 fully saturated rings. The van der Waals surface area contributed by atoms with Gasteiger partial charge < -0.3 is 20.4 Å². The van der Waals surface area contributed by atoms with E-state index in [0.29, 0.717) is 57.8 Å². The van der Waals surface area contributed by atoms with Crippen LogP contribution in [-0.4, -0.2) is 20.4 Å². The first-order valence-electron chi connectivity index (χ1n) is 19.1. The molecule has 2 aromatic rings. The monoisotopic (exact) mass is 634 g/mol. The average molecular weight is 635 g/mol. The molecule has 6 atom stereocenters. The Balaban J connectivity index is 2.03. The Kier molecular flexibility index (Phi) is 12.8. The van der Waals surface area contributed by atoms with Gasteiger partial charge in [-0.25, -0.2) is 0 Å². The van der Waals surface area contributed by atoms with Gasteiger partial charge in [-0.1, -0.05) is 93.9 Å². The number of aromatic hydroxyl groups is 4. The van der Waals surface area contributed by atoms with Crippen molar-refractivity contribution < 1.29 is 20.4 Å². The molecule has 0 amide bonds. The van der Waals surface area contributed by atoms with Crippen molar-refractivity contribution in [1.82, 2.24) is 0 Å². The SMILES string of the molecule is CCCCCc1cc(O)c([C@@H]2C[C@H](C)CC[C@H]2C(C)C)c(O)c1-c1c(CCCCC)cc(O)c([C@@H]2C[C@@H](C)CC[C@H]2C(C)C)c1O. The fourth-order valence-electron chi connectivity index (χ4n) is 9.33. The summed E-state index contributed by atoms with van der Waals surface area (Å²) in [6.45, 7) is 18.0. The molecule has 2 aliphatic carbocycles. The Bertz CT molecular complexity index is 1190. The molecule has 0 aliphatic heterocycles. The third kappa shape index (κ3) is 7.84. The van der Waals surface area contributed by atoms with Crippen LogP contribution in [0.3, 0.4) is 0 Å². The van der Waals surface area contributed by atoms with E-state index in [9.17, 15) is 20.4 Å². The number of hydrogen-bond acceptors (Lipinski definition) is 4. The van der Waals surface area contributed by atoms with Gasteiger partial charge in [0.25, 0.3) is 0 Å². The second kappa shape index (κ2) is 16.2. The van der Waals surface area contributed by atoms with Crippen LogP contribution in [0.2, 0.25) is 0 Å².